The smallest absolute Gasteiger partial charge is 0.429 e. The van der Waals surface area contributed by atoms with E-state index in [-0.39, 0.29) is 12.0 Å². The van der Waals surface area contributed by atoms with Crippen LogP contribution in [-0.4, -0.2) is 11.2 Å². The fourth-order valence-corrected chi connectivity index (χ4v) is 4.29. The lowest BCUT2D eigenvalue weighted by Gasteiger charge is -2.53. The molecule has 4 bridgehead atoms. The molecule has 0 saturated heterocycles. The van der Waals surface area contributed by atoms with E-state index in [1.807, 2.05) is 0 Å². The number of ether oxygens (including phenoxy) is 1. The molecule has 0 aromatic rings. The summed E-state index contributed by atoms with van der Waals surface area (Å²) in [5.74, 6) is 2.75. The second kappa shape index (κ2) is 3.65. The van der Waals surface area contributed by atoms with Crippen LogP contribution >= 0.6 is 0 Å². The predicted molar refractivity (Wildman–Crippen MR) is 57.7 cm³/mol. The molecular formula is C12H17N2O2+. The van der Waals surface area contributed by atoms with Crippen molar-refractivity contribution in [3.05, 3.63) is 17.1 Å². The van der Waals surface area contributed by atoms with Crippen molar-refractivity contribution in [2.75, 3.05) is 0 Å². The van der Waals surface area contributed by atoms with Gasteiger partial charge >= 0.3 is 12.1 Å². The Balaban J connectivity index is 1.73. The Hall–Kier alpha value is -1.24. The van der Waals surface area contributed by atoms with Crippen LogP contribution in [0.4, 0.5) is 0 Å². The van der Waals surface area contributed by atoms with Crippen LogP contribution in [0, 0.1) is 29.1 Å². The summed E-state index contributed by atoms with van der Waals surface area (Å²) in [6.07, 6.45) is 7.52. The van der Waals surface area contributed by atoms with Gasteiger partial charge in [0.05, 0.1) is 0 Å². The third-order valence-electron chi connectivity index (χ3n) is 4.57. The van der Waals surface area contributed by atoms with Crippen LogP contribution in [0.1, 0.15) is 32.1 Å². The van der Waals surface area contributed by atoms with Crippen LogP contribution in [0.2, 0.25) is 0 Å². The Morgan fingerprint density at radius 2 is 1.69 bits per heavy atom. The van der Waals surface area contributed by atoms with Crippen LogP contribution in [0.25, 0.3) is 4.98 Å². The lowest BCUT2D eigenvalue weighted by atomic mass is 9.55. The van der Waals surface area contributed by atoms with Gasteiger partial charge in [0, 0.05) is 0 Å². The van der Waals surface area contributed by atoms with Crippen molar-refractivity contribution in [3.8, 4) is 0 Å². The summed E-state index contributed by atoms with van der Waals surface area (Å²) in [7, 11) is 0. The minimum absolute atomic E-state index is 0.144. The fourth-order valence-electron chi connectivity index (χ4n) is 4.29. The van der Waals surface area contributed by atoms with Crippen molar-refractivity contribution < 1.29 is 9.84 Å². The van der Waals surface area contributed by atoms with Gasteiger partial charge in [0.1, 0.15) is 6.10 Å². The molecular weight excluding hydrogens is 204 g/mol. The first kappa shape index (κ1) is 9.95. The molecule has 0 unspecified atom stereocenters. The van der Waals surface area contributed by atoms with Crippen molar-refractivity contribution in [1.82, 2.24) is 0 Å². The van der Waals surface area contributed by atoms with E-state index in [0.717, 1.165) is 18.0 Å². The number of hydrogen-bond donors (Lipinski definition) is 1. The van der Waals surface area contributed by atoms with Gasteiger partial charge in [-0.15, -0.1) is 0 Å². The molecule has 4 aliphatic carbocycles. The number of nitrogens with zero attached hydrogens (tertiary/aromatic N) is 2. The average Bonchev–Trinajstić information content (AvgIpc) is 2.23. The van der Waals surface area contributed by atoms with E-state index < -0.39 is 0 Å². The van der Waals surface area contributed by atoms with Crippen LogP contribution in [0.3, 0.4) is 0 Å². The monoisotopic (exact) mass is 221 g/mol. The first-order valence-electron chi connectivity index (χ1n) is 6.16. The third kappa shape index (κ3) is 1.55. The number of diazo groups is 1. The Labute approximate surface area is 94.9 Å². The van der Waals surface area contributed by atoms with Gasteiger partial charge in [-0.25, -0.2) is 0 Å². The van der Waals surface area contributed by atoms with Crippen molar-refractivity contribution in [2.45, 2.75) is 38.2 Å². The van der Waals surface area contributed by atoms with Gasteiger partial charge in [0.15, 0.2) is 4.98 Å². The van der Waals surface area contributed by atoms with E-state index in [4.69, 9.17) is 10.1 Å². The molecule has 4 nitrogen and oxygen atoms in total. The van der Waals surface area contributed by atoms with Crippen LogP contribution < -0.4 is 0 Å². The molecule has 0 amide bonds. The van der Waals surface area contributed by atoms with Crippen LogP contribution in [0.5, 0.6) is 0 Å². The molecule has 0 heterocycles. The molecule has 86 valence electrons. The maximum absolute atomic E-state index is 9.42. The molecule has 0 aromatic carbocycles. The Kier molecular flexibility index (Phi) is 2.27. The number of hydrogen-bond acceptors (Lipinski definition) is 3. The quantitative estimate of drug-likeness (QED) is 0.576. The zero-order valence-corrected chi connectivity index (χ0v) is 9.25. The summed E-state index contributed by atoms with van der Waals surface area (Å²) in [5.41, 5.74) is 0. The maximum atomic E-state index is 9.42. The average molecular weight is 221 g/mol. The van der Waals surface area contributed by atoms with E-state index in [0.29, 0.717) is 11.8 Å². The molecule has 0 aliphatic heterocycles. The third-order valence-corrected chi connectivity index (χ3v) is 4.57. The van der Waals surface area contributed by atoms with E-state index in [9.17, 15) is 5.11 Å². The minimum atomic E-state index is -0.250. The lowest BCUT2D eigenvalue weighted by molar-refractivity contribution is -0.125. The highest BCUT2D eigenvalue weighted by Crippen LogP contribution is 2.54. The van der Waals surface area contributed by atoms with Crippen molar-refractivity contribution in [1.29, 1.82) is 5.39 Å². The van der Waals surface area contributed by atoms with Gasteiger partial charge in [-0.3, -0.25) is 0 Å². The van der Waals surface area contributed by atoms with Gasteiger partial charge in [-0.05, 0) is 55.8 Å². The summed E-state index contributed by atoms with van der Waals surface area (Å²) in [4.78, 5) is 2.78. The molecule has 1 N–H and O–H groups in total. The second-order valence-electron chi connectivity index (χ2n) is 5.60. The van der Waals surface area contributed by atoms with Gasteiger partial charge in [-0.1, -0.05) is 0 Å². The summed E-state index contributed by atoms with van der Waals surface area (Å²) in [6, 6.07) is 0. The first-order chi connectivity index (χ1) is 7.76. The highest BCUT2D eigenvalue weighted by molar-refractivity contribution is 5.01. The molecule has 0 radical (unpaired) electrons. The normalized spacial score (nSPS) is 45.4. The zero-order valence-electron chi connectivity index (χ0n) is 9.25. The summed E-state index contributed by atoms with van der Waals surface area (Å²) < 4.78 is 5.53. The zero-order chi connectivity index (χ0) is 11.1. The first-order valence-corrected chi connectivity index (χ1v) is 6.16. The molecule has 16 heavy (non-hydrogen) atoms. The van der Waals surface area contributed by atoms with Crippen molar-refractivity contribution in [2.24, 2.45) is 23.7 Å². The van der Waals surface area contributed by atoms with Gasteiger partial charge in [0.25, 0.3) is 0 Å². The van der Waals surface area contributed by atoms with Gasteiger partial charge in [-0.2, -0.15) is 0 Å². The van der Waals surface area contributed by atoms with Crippen molar-refractivity contribution in [3.63, 3.8) is 0 Å². The van der Waals surface area contributed by atoms with Gasteiger partial charge < -0.3 is 9.84 Å². The highest BCUT2D eigenvalue weighted by atomic mass is 16.6. The maximum Gasteiger partial charge on any atom is 0.429 e. The second-order valence-corrected chi connectivity index (χ2v) is 5.60. The van der Waals surface area contributed by atoms with Crippen molar-refractivity contribution >= 4 is 0 Å². The molecule has 0 aromatic heterocycles. The number of rotatable bonds is 2. The molecule has 0 atom stereocenters. The fraction of sp³-hybridized carbons (Fsp3) is 0.833. The Morgan fingerprint density at radius 3 is 2.19 bits per heavy atom. The standard InChI is InChI=1S/C12H16N2O2/c13-14-6-11(15)16-12-9-2-7-1-8(4-9)5-10(12)3-7/h6-10,12H,1-5H2/p+1/b11-6-. The summed E-state index contributed by atoms with van der Waals surface area (Å²) >= 11 is 0. The van der Waals surface area contributed by atoms with E-state index in [1.165, 1.54) is 32.1 Å². The van der Waals surface area contributed by atoms with E-state index in [1.54, 1.807) is 0 Å². The largest absolute Gasteiger partial charge is 0.476 e. The van der Waals surface area contributed by atoms with E-state index >= 15 is 0 Å². The van der Waals surface area contributed by atoms with Crippen LogP contribution in [0.15, 0.2) is 12.1 Å². The minimum Gasteiger partial charge on any atom is -0.476 e. The molecule has 4 heteroatoms. The number of aliphatic hydroxyl groups is 1. The Morgan fingerprint density at radius 1 is 1.12 bits per heavy atom. The summed E-state index contributed by atoms with van der Waals surface area (Å²) in [5, 5.41) is 17.7. The van der Waals surface area contributed by atoms with Crippen LogP contribution in [-0.2, 0) is 4.74 Å². The molecule has 0 spiro atoms. The SMILES string of the molecule is N#[N+]/C=C(/O)OC1C2CC3CC(C2)CC1C3. The van der Waals surface area contributed by atoms with Gasteiger partial charge in [0.2, 0.25) is 5.39 Å². The highest BCUT2D eigenvalue weighted by Gasteiger charge is 2.49. The molecule has 4 aliphatic rings. The molecule has 4 saturated carbocycles. The number of aliphatic hydroxyl groups excluding tert-OH is 1. The molecule has 4 rings (SSSR count). The predicted octanol–water partition coefficient (Wildman–Crippen LogP) is 3.04. The molecule has 4 fully saturated rings. The Bertz CT molecular complexity index is 331. The lowest BCUT2D eigenvalue weighted by Crippen LogP contribution is -2.49. The summed E-state index contributed by atoms with van der Waals surface area (Å²) in [6.45, 7) is 0. The topological polar surface area (TPSA) is 57.6 Å². The van der Waals surface area contributed by atoms with E-state index in [2.05, 4.69) is 4.98 Å².